The number of nitrogens with zero attached hydrogens (tertiary/aromatic N) is 2. The molecule has 1 saturated carbocycles. The maximum absolute atomic E-state index is 13.1. The smallest absolute Gasteiger partial charge is 0.410 e. The lowest BCUT2D eigenvalue weighted by molar-refractivity contribution is 0.0367. The molecular weight excluding hydrogens is 634 g/mol. The van der Waals surface area contributed by atoms with Crippen molar-refractivity contribution < 1.29 is 37.3 Å². The van der Waals surface area contributed by atoms with Gasteiger partial charge in [-0.3, -0.25) is 9.78 Å². The van der Waals surface area contributed by atoms with Gasteiger partial charge in [0.15, 0.2) is 0 Å². The Labute approximate surface area is 283 Å². The summed E-state index contributed by atoms with van der Waals surface area (Å²) >= 11 is 0. The van der Waals surface area contributed by atoms with Crippen molar-refractivity contribution in [3.63, 3.8) is 0 Å². The Morgan fingerprint density at radius 2 is 1.73 bits per heavy atom. The van der Waals surface area contributed by atoms with Gasteiger partial charge in [0, 0.05) is 37.0 Å². The number of aliphatic hydroxyl groups excluding tert-OH is 1. The first kappa shape index (κ1) is 36.8. The maximum Gasteiger partial charge on any atom is 0.410 e. The number of amides is 2. The number of carbonyl (C=O) groups is 2. The largest absolute Gasteiger partial charge is 0.490 e. The summed E-state index contributed by atoms with van der Waals surface area (Å²) in [6.45, 7) is 5.86. The second kappa shape index (κ2) is 16.9. The van der Waals surface area contributed by atoms with Crippen molar-refractivity contribution >= 4 is 22.0 Å². The van der Waals surface area contributed by atoms with Crippen molar-refractivity contribution in [2.24, 2.45) is 0 Å². The normalized spacial score (nSPS) is 14.6. The molecule has 1 fully saturated rings. The van der Waals surface area contributed by atoms with Gasteiger partial charge in [-0.1, -0.05) is 42.8 Å². The van der Waals surface area contributed by atoms with Gasteiger partial charge in [0.25, 0.3) is 5.91 Å². The van der Waals surface area contributed by atoms with E-state index in [0.717, 1.165) is 48.8 Å². The third-order valence-electron chi connectivity index (χ3n) is 8.23. The minimum Gasteiger partial charge on any atom is -0.490 e. The summed E-state index contributed by atoms with van der Waals surface area (Å²) in [5, 5.41) is 10.7. The van der Waals surface area contributed by atoms with E-state index in [1.54, 1.807) is 42.7 Å². The number of aliphatic hydroxyl groups is 1. The first-order chi connectivity index (χ1) is 22.9. The molecule has 0 spiro atoms. The summed E-state index contributed by atoms with van der Waals surface area (Å²) in [5.41, 5.74) is 2.85. The van der Waals surface area contributed by atoms with Crippen molar-refractivity contribution in [2.75, 3.05) is 32.6 Å². The topological polar surface area (TPSA) is 144 Å². The lowest BCUT2D eigenvalue weighted by Gasteiger charge is -2.36. The fourth-order valence-electron chi connectivity index (χ4n) is 5.46. The Morgan fingerprint density at radius 3 is 2.38 bits per heavy atom. The van der Waals surface area contributed by atoms with Gasteiger partial charge in [-0.25, -0.2) is 17.9 Å². The van der Waals surface area contributed by atoms with Crippen LogP contribution in [0.3, 0.4) is 0 Å². The van der Waals surface area contributed by atoms with Crippen LogP contribution in [0.4, 0.5) is 4.79 Å². The minimum atomic E-state index is -3.88. The molecule has 4 rings (SSSR count). The van der Waals surface area contributed by atoms with Gasteiger partial charge in [0.05, 0.1) is 43.3 Å². The van der Waals surface area contributed by atoms with Crippen LogP contribution >= 0.6 is 0 Å². The number of ether oxygens (including phenoxy) is 3. The highest BCUT2D eigenvalue weighted by atomic mass is 32.2. The number of pyridine rings is 1. The van der Waals surface area contributed by atoms with Crippen molar-refractivity contribution in [3.05, 3.63) is 83.7 Å². The van der Waals surface area contributed by atoms with Crippen molar-refractivity contribution in [1.82, 2.24) is 14.6 Å². The number of rotatable bonds is 14. The van der Waals surface area contributed by atoms with Crippen LogP contribution in [-0.4, -0.2) is 79.7 Å². The first-order valence-electron chi connectivity index (χ1n) is 16.3. The average molecular weight is 682 g/mol. The molecule has 2 aromatic carbocycles. The minimum absolute atomic E-state index is 0.0300. The Kier molecular flexibility index (Phi) is 13.0. The van der Waals surface area contributed by atoms with Crippen LogP contribution in [0.2, 0.25) is 0 Å². The maximum atomic E-state index is 13.1. The summed E-state index contributed by atoms with van der Waals surface area (Å²) in [4.78, 5) is 31.7. The van der Waals surface area contributed by atoms with Crippen LogP contribution in [0.5, 0.6) is 5.75 Å². The van der Waals surface area contributed by atoms with Crippen molar-refractivity contribution in [1.29, 1.82) is 0 Å². The van der Waals surface area contributed by atoms with E-state index >= 15 is 0 Å². The molecule has 2 amide bonds. The zero-order valence-electron chi connectivity index (χ0n) is 28.2. The van der Waals surface area contributed by atoms with Crippen LogP contribution in [0.25, 0.3) is 11.1 Å². The van der Waals surface area contributed by atoms with E-state index in [1.165, 1.54) is 12.0 Å². The van der Waals surface area contributed by atoms with E-state index in [0.29, 0.717) is 17.7 Å². The van der Waals surface area contributed by atoms with Gasteiger partial charge in [-0.2, -0.15) is 0 Å². The Bertz CT molecular complexity index is 1600. The molecule has 0 unspecified atom stereocenters. The SMILES string of the molecule is COCCS(=O)(=O)NC(=O)c1ccc(-c2ccc(CCOC(=O)N(C[C@H](O)c3cccnc3)C(C)(C)C)cc2)cc1OC1CCCCC1. The van der Waals surface area contributed by atoms with Gasteiger partial charge >= 0.3 is 6.09 Å². The predicted octanol–water partition coefficient (Wildman–Crippen LogP) is 5.68. The molecule has 1 heterocycles. The van der Waals surface area contributed by atoms with Crippen LogP contribution < -0.4 is 9.46 Å². The van der Waals surface area contributed by atoms with E-state index in [-0.39, 0.29) is 37.2 Å². The van der Waals surface area contributed by atoms with Gasteiger partial charge in [0.1, 0.15) is 5.75 Å². The molecule has 0 saturated heterocycles. The van der Waals surface area contributed by atoms with E-state index in [4.69, 9.17) is 14.2 Å². The number of carbonyl (C=O) groups excluding carboxylic acids is 2. The molecule has 11 nitrogen and oxygen atoms in total. The zero-order chi connectivity index (χ0) is 34.7. The standard InChI is InChI=1S/C36H47N3O8S/c1-36(2,3)39(25-32(40)29-9-8-19-37-24-29)35(42)46-20-18-26-12-14-27(15-13-26)28-16-17-31(34(41)38-48(43,44)22-21-45-4)33(23-28)47-30-10-6-5-7-11-30/h8-9,12-17,19,23-24,30,32,40H,5-7,10-11,18,20-22,25H2,1-4H3,(H,38,41)/t32-/m0/s1. The molecule has 0 radical (unpaired) electrons. The molecule has 1 aliphatic carbocycles. The van der Waals surface area contributed by atoms with Crippen molar-refractivity contribution in [3.8, 4) is 16.9 Å². The fraction of sp³-hybridized carbons (Fsp3) is 0.472. The van der Waals surface area contributed by atoms with Crippen LogP contribution in [0.1, 0.15) is 80.5 Å². The monoisotopic (exact) mass is 681 g/mol. The molecule has 1 aromatic heterocycles. The molecule has 1 atom stereocenters. The van der Waals surface area contributed by atoms with Gasteiger partial charge in [-0.15, -0.1) is 0 Å². The molecular formula is C36H47N3O8S. The highest BCUT2D eigenvalue weighted by Crippen LogP contribution is 2.31. The lowest BCUT2D eigenvalue weighted by Crippen LogP contribution is -2.48. The number of methoxy groups -OCH3 is 1. The fourth-order valence-corrected chi connectivity index (χ4v) is 6.34. The van der Waals surface area contributed by atoms with Gasteiger partial charge in [0.2, 0.25) is 10.0 Å². The lowest BCUT2D eigenvalue weighted by atomic mass is 9.97. The average Bonchev–Trinajstić information content (AvgIpc) is 3.06. The molecule has 12 heteroatoms. The van der Waals surface area contributed by atoms with Crippen molar-refractivity contribution in [2.45, 2.75) is 77.0 Å². The molecule has 1 aliphatic rings. The third kappa shape index (κ3) is 10.8. The zero-order valence-corrected chi connectivity index (χ0v) is 29.0. The Balaban J connectivity index is 1.42. The number of hydrogen-bond acceptors (Lipinski definition) is 9. The van der Waals surface area contributed by atoms with Crippen LogP contribution in [0, 0.1) is 0 Å². The number of hydrogen-bond donors (Lipinski definition) is 2. The second-order valence-electron chi connectivity index (χ2n) is 13.0. The van der Waals surface area contributed by atoms with Crippen LogP contribution in [-0.2, 0) is 25.9 Å². The number of sulfonamides is 1. The third-order valence-corrected chi connectivity index (χ3v) is 9.44. The van der Waals surface area contributed by atoms with Gasteiger partial charge in [-0.05, 0) is 81.3 Å². The quantitative estimate of drug-likeness (QED) is 0.220. The molecule has 2 N–H and O–H groups in total. The van der Waals surface area contributed by atoms with E-state index in [1.807, 2.05) is 45.0 Å². The molecule has 48 heavy (non-hydrogen) atoms. The summed E-state index contributed by atoms with van der Waals surface area (Å²) < 4.78 is 43.7. The second-order valence-corrected chi connectivity index (χ2v) is 14.8. The summed E-state index contributed by atoms with van der Waals surface area (Å²) in [6, 6.07) is 16.4. The Morgan fingerprint density at radius 1 is 1.02 bits per heavy atom. The highest BCUT2D eigenvalue weighted by Gasteiger charge is 2.30. The number of nitrogens with one attached hydrogen (secondary N) is 1. The predicted molar refractivity (Wildman–Crippen MR) is 183 cm³/mol. The summed E-state index contributed by atoms with van der Waals surface area (Å²) in [5.74, 6) is -0.737. The van der Waals surface area contributed by atoms with Crippen LogP contribution in [0.15, 0.2) is 67.0 Å². The molecule has 0 aliphatic heterocycles. The summed E-state index contributed by atoms with van der Waals surface area (Å²) in [6.07, 6.45) is 7.19. The highest BCUT2D eigenvalue weighted by molar-refractivity contribution is 7.90. The van der Waals surface area contributed by atoms with E-state index in [2.05, 4.69) is 9.71 Å². The first-order valence-corrected chi connectivity index (χ1v) is 18.0. The van der Waals surface area contributed by atoms with Gasteiger partial charge < -0.3 is 24.2 Å². The molecule has 0 bridgehead atoms. The number of benzene rings is 2. The van der Waals surface area contributed by atoms with E-state index in [9.17, 15) is 23.1 Å². The Hall–Kier alpha value is -4.00. The number of aromatic nitrogens is 1. The van der Waals surface area contributed by atoms with E-state index < -0.39 is 33.7 Å². The molecule has 3 aromatic rings. The molecule has 260 valence electrons. The summed E-state index contributed by atoms with van der Waals surface area (Å²) in [7, 11) is -2.48. The number of β-amino-alcohol motifs (C(OH)–C–C–N with tert-alkyl or cyclic N) is 1.